The molecular formula is C10H20N4. The highest BCUT2D eigenvalue weighted by molar-refractivity contribution is 5.40. The molecule has 0 bridgehead atoms. The van der Waals surface area contributed by atoms with E-state index in [9.17, 15) is 0 Å². The van der Waals surface area contributed by atoms with Crippen molar-refractivity contribution in [2.75, 3.05) is 11.6 Å². The third-order valence-electron chi connectivity index (χ3n) is 2.60. The normalized spacial score (nSPS) is 13.1. The van der Waals surface area contributed by atoms with Gasteiger partial charge in [0, 0.05) is 12.3 Å². The molecule has 1 aromatic rings. The van der Waals surface area contributed by atoms with Crippen molar-refractivity contribution in [3.8, 4) is 0 Å². The Balaban J connectivity index is 3.01. The minimum atomic E-state index is 0.385. The molecule has 0 saturated carbocycles. The van der Waals surface area contributed by atoms with E-state index in [4.69, 9.17) is 11.6 Å². The van der Waals surface area contributed by atoms with Crippen molar-refractivity contribution < 1.29 is 0 Å². The maximum absolute atomic E-state index is 5.89. The summed E-state index contributed by atoms with van der Waals surface area (Å²) in [4.78, 5) is 4.48. The fourth-order valence-electron chi connectivity index (χ4n) is 1.47. The Kier molecular flexibility index (Phi) is 3.38. The molecule has 1 unspecified atom stereocenters. The topological polar surface area (TPSA) is 69.9 Å². The lowest BCUT2D eigenvalue weighted by atomic mass is 10.1. The standard InChI is InChI=1S/C10H20N4/c1-4-6-8-13-9(7(3)5-2)10(11)14(8)12/h7H,4-6,11-12H2,1-3H3. The molecule has 0 fully saturated rings. The van der Waals surface area contributed by atoms with E-state index in [1.165, 1.54) is 4.68 Å². The number of aryl methyl sites for hydroxylation is 1. The fourth-order valence-corrected chi connectivity index (χ4v) is 1.47. The number of rotatable bonds is 4. The quantitative estimate of drug-likeness (QED) is 0.719. The van der Waals surface area contributed by atoms with Gasteiger partial charge >= 0.3 is 0 Å². The number of nitrogens with two attached hydrogens (primary N) is 2. The molecule has 80 valence electrons. The van der Waals surface area contributed by atoms with Crippen LogP contribution in [-0.2, 0) is 6.42 Å². The molecule has 1 heterocycles. The molecule has 0 aliphatic carbocycles. The summed E-state index contributed by atoms with van der Waals surface area (Å²) in [6.45, 7) is 6.35. The molecule has 0 aliphatic heterocycles. The van der Waals surface area contributed by atoms with Crippen LogP contribution in [-0.4, -0.2) is 9.66 Å². The predicted molar refractivity (Wildman–Crippen MR) is 59.5 cm³/mol. The molecule has 0 spiro atoms. The summed E-state index contributed by atoms with van der Waals surface area (Å²) in [5.74, 6) is 7.70. The maximum Gasteiger partial charge on any atom is 0.146 e. The van der Waals surface area contributed by atoms with Gasteiger partial charge in [0.05, 0.1) is 5.69 Å². The fraction of sp³-hybridized carbons (Fsp3) is 0.700. The molecule has 0 saturated heterocycles. The van der Waals surface area contributed by atoms with Crippen molar-refractivity contribution in [2.24, 2.45) is 0 Å². The zero-order valence-electron chi connectivity index (χ0n) is 9.25. The summed E-state index contributed by atoms with van der Waals surface area (Å²) in [5.41, 5.74) is 6.83. The van der Waals surface area contributed by atoms with Crippen LogP contribution < -0.4 is 11.6 Å². The van der Waals surface area contributed by atoms with Gasteiger partial charge in [0.1, 0.15) is 11.6 Å². The molecular weight excluding hydrogens is 176 g/mol. The van der Waals surface area contributed by atoms with E-state index in [-0.39, 0.29) is 0 Å². The van der Waals surface area contributed by atoms with Gasteiger partial charge in [-0.1, -0.05) is 20.8 Å². The molecule has 4 nitrogen and oxygen atoms in total. The van der Waals surface area contributed by atoms with Crippen LogP contribution in [0.5, 0.6) is 0 Å². The highest BCUT2D eigenvalue weighted by Crippen LogP contribution is 2.23. The number of nitrogen functional groups attached to an aromatic ring is 2. The summed E-state index contributed by atoms with van der Waals surface area (Å²) in [7, 11) is 0. The van der Waals surface area contributed by atoms with E-state index in [1.54, 1.807) is 0 Å². The Labute approximate surface area is 85.3 Å². The number of anilines is 1. The number of imidazole rings is 1. The Bertz CT molecular complexity index is 303. The molecule has 0 radical (unpaired) electrons. The maximum atomic E-state index is 5.89. The largest absolute Gasteiger partial charge is 0.382 e. The minimum absolute atomic E-state index is 0.385. The Morgan fingerprint density at radius 3 is 2.57 bits per heavy atom. The van der Waals surface area contributed by atoms with Crippen LogP contribution in [0.1, 0.15) is 51.0 Å². The molecule has 0 aromatic carbocycles. The van der Waals surface area contributed by atoms with Gasteiger partial charge in [-0.25, -0.2) is 9.66 Å². The average molecular weight is 196 g/mol. The van der Waals surface area contributed by atoms with Crippen molar-refractivity contribution in [1.29, 1.82) is 0 Å². The SMILES string of the molecule is CCCc1nc(C(C)CC)c(N)n1N. The predicted octanol–water partition coefficient (Wildman–Crippen LogP) is 1.65. The van der Waals surface area contributed by atoms with Crippen LogP contribution in [0.2, 0.25) is 0 Å². The monoisotopic (exact) mass is 196 g/mol. The first-order valence-electron chi connectivity index (χ1n) is 5.23. The summed E-state index contributed by atoms with van der Waals surface area (Å²) < 4.78 is 1.52. The Hall–Kier alpha value is -1.19. The van der Waals surface area contributed by atoms with Crippen molar-refractivity contribution in [1.82, 2.24) is 9.66 Å². The van der Waals surface area contributed by atoms with Crippen LogP contribution in [0.15, 0.2) is 0 Å². The molecule has 4 N–H and O–H groups in total. The zero-order chi connectivity index (χ0) is 10.7. The third kappa shape index (κ3) is 1.84. The average Bonchev–Trinajstić information content (AvgIpc) is 2.46. The lowest BCUT2D eigenvalue weighted by molar-refractivity contribution is 0.709. The molecule has 1 atom stereocenters. The first-order chi connectivity index (χ1) is 6.61. The van der Waals surface area contributed by atoms with E-state index in [1.807, 2.05) is 0 Å². The number of hydrogen-bond donors (Lipinski definition) is 2. The van der Waals surface area contributed by atoms with Crippen LogP contribution in [0, 0.1) is 0 Å². The second-order valence-corrected chi connectivity index (χ2v) is 3.73. The Morgan fingerprint density at radius 1 is 1.43 bits per heavy atom. The highest BCUT2D eigenvalue weighted by atomic mass is 15.4. The second kappa shape index (κ2) is 4.35. The first kappa shape index (κ1) is 10.9. The minimum Gasteiger partial charge on any atom is -0.382 e. The summed E-state index contributed by atoms with van der Waals surface area (Å²) in [5, 5.41) is 0. The van der Waals surface area contributed by atoms with Gasteiger partial charge in [0.25, 0.3) is 0 Å². The number of aromatic nitrogens is 2. The molecule has 0 amide bonds. The third-order valence-corrected chi connectivity index (χ3v) is 2.60. The van der Waals surface area contributed by atoms with E-state index in [0.29, 0.717) is 11.7 Å². The lowest BCUT2D eigenvalue weighted by Gasteiger charge is -2.05. The van der Waals surface area contributed by atoms with E-state index < -0.39 is 0 Å². The second-order valence-electron chi connectivity index (χ2n) is 3.73. The van der Waals surface area contributed by atoms with Crippen molar-refractivity contribution in [2.45, 2.75) is 46.0 Å². The summed E-state index contributed by atoms with van der Waals surface area (Å²) in [6, 6.07) is 0. The highest BCUT2D eigenvalue weighted by Gasteiger charge is 2.16. The van der Waals surface area contributed by atoms with E-state index in [0.717, 1.165) is 30.8 Å². The van der Waals surface area contributed by atoms with Gasteiger partial charge in [-0.15, -0.1) is 0 Å². The smallest absolute Gasteiger partial charge is 0.146 e. The lowest BCUT2D eigenvalue weighted by Crippen LogP contribution is -2.15. The summed E-state index contributed by atoms with van der Waals surface area (Å²) in [6.07, 6.45) is 2.96. The first-order valence-corrected chi connectivity index (χ1v) is 5.23. The van der Waals surface area contributed by atoms with Gasteiger partial charge in [-0.2, -0.15) is 0 Å². The Morgan fingerprint density at radius 2 is 2.07 bits per heavy atom. The van der Waals surface area contributed by atoms with Gasteiger partial charge in [-0.3, -0.25) is 0 Å². The van der Waals surface area contributed by atoms with E-state index >= 15 is 0 Å². The van der Waals surface area contributed by atoms with Gasteiger partial charge in [0.15, 0.2) is 0 Å². The van der Waals surface area contributed by atoms with Crippen molar-refractivity contribution in [3.05, 3.63) is 11.5 Å². The number of hydrogen-bond acceptors (Lipinski definition) is 3. The molecule has 1 rings (SSSR count). The molecule has 14 heavy (non-hydrogen) atoms. The summed E-state index contributed by atoms with van der Waals surface area (Å²) >= 11 is 0. The van der Waals surface area contributed by atoms with Crippen molar-refractivity contribution >= 4 is 5.82 Å². The van der Waals surface area contributed by atoms with Crippen LogP contribution in [0.4, 0.5) is 5.82 Å². The van der Waals surface area contributed by atoms with Gasteiger partial charge in [-0.05, 0) is 12.8 Å². The van der Waals surface area contributed by atoms with Crippen LogP contribution >= 0.6 is 0 Å². The van der Waals surface area contributed by atoms with E-state index in [2.05, 4.69) is 25.8 Å². The molecule has 0 aliphatic rings. The molecule has 1 aromatic heterocycles. The molecule has 4 heteroatoms. The van der Waals surface area contributed by atoms with Gasteiger partial charge < -0.3 is 11.6 Å². The van der Waals surface area contributed by atoms with Gasteiger partial charge in [0.2, 0.25) is 0 Å². The zero-order valence-corrected chi connectivity index (χ0v) is 9.25. The van der Waals surface area contributed by atoms with Crippen LogP contribution in [0.25, 0.3) is 0 Å². The van der Waals surface area contributed by atoms with Crippen molar-refractivity contribution in [3.63, 3.8) is 0 Å². The number of nitrogens with zero attached hydrogens (tertiary/aromatic N) is 2. The van der Waals surface area contributed by atoms with Crippen LogP contribution in [0.3, 0.4) is 0 Å².